The van der Waals surface area contributed by atoms with Crippen LogP contribution in [0, 0.1) is 0 Å². The number of benzene rings is 1. The van der Waals surface area contributed by atoms with E-state index in [-0.39, 0.29) is 18.4 Å². The van der Waals surface area contributed by atoms with E-state index >= 15 is 0 Å². The van der Waals surface area contributed by atoms with Gasteiger partial charge in [0.1, 0.15) is 17.1 Å². The minimum Gasteiger partial charge on any atom is -0.508 e. The minimum atomic E-state index is -0.455. The summed E-state index contributed by atoms with van der Waals surface area (Å²) in [5, 5.41) is 14.0. The van der Waals surface area contributed by atoms with Gasteiger partial charge in [-0.25, -0.2) is 14.8 Å². The standard InChI is InChI=1S/C17H19N3O3S/c1-3-23-16(22)11-9-18-17(24-2)20-15(11)19-12-8-7-10-5-4-6-13(21)14(10)12/h4-6,9,12,21H,3,7-8H2,1-2H3,(H,18,19,20). The zero-order chi connectivity index (χ0) is 17.1. The maximum atomic E-state index is 12.2. The average Bonchev–Trinajstić information content (AvgIpc) is 2.99. The molecular formula is C17H19N3O3S. The van der Waals surface area contributed by atoms with Gasteiger partial charge in [0.05, 0.1) is 12.6 Å². The summed E-state index contributed by atoms with van der Waals surface area (Å²) in [7, 11) is 0. The highest BCUT2D eigenvalue weighted by atomic mass is 32.2. The average molecular weight is 345 g/mol. The second-order valence-electron chi connectivity index (χ2n) is 5.42. The molecule has 0 bridgehead atoms. The second-order valence-corrected chi connectivity index (χ2v) is 6.20. The molecule has 1 atom stereocenters. The normalized spacial score (nSPS) is 15.8. The van der Waals surface area contributed by atoms with Crippen LogP contribution in [0.15, 0.2) is 29.6 Å². The molecule has 0 radical (unpaired) electrons. The van der Waals surface area contributed by atoms with Crippen molar-refractivity contribution in [2.24, 2.45) is 0 Å². The lowest BCUT2D eigenvalue weighted by atomic mass is 10.1. The number of esters is 1. The van der Waals surface area contributed by atoms with Gasteiger partial charge in [-0.05, 0) is 37.7 Å². The van der Waals surface area contributed by atoms with Crippen molar-refractivity contribution in [3.63, 3.8) is 0 Å². The lowest BCUT2D eigenvalue weighted by Crippen LogP contribution is -2.15. The molecule has 2 N–H and O–H groups in total. The van der Waals surface area contributed by atoms with Crippen molar-refractivity contribution in [2.45, 2.75) is 31.0 Å². The fourth-order valence-corrected chi connectivity index (χ4v) is 3.25. The summed E-state index contributed by atoms with van der Waals surface area (Å²) in [6, 6.07) is 5.44. The molecule has 1 aromatic heterocycles. The van der Waals surface area contributed by atoms with Crippen molar-refractivity contribution in [3.05, 3.63) is 41.1 Å². The number of fused-ring (bicyclic) bond motifs is 1. The van der Waals surface area contributed by atoms with Gasteiger partial charge in [-0.2, -0.15) is 0 Å². The Morgan fingerprint density at radius 3 is 3.08 bits per heavy atom. The molecule has 0 fully saturated rings. The number of phenolic OH excluding ortho intramolecular Hbond substituents is 1. The molecule has 0 amide bonds. The van der Waals surface area contributed by atoms with E-state index in [4.69, 9.17) is 4.74 Å². The van der Waals surface area contributed by atoms with E-state index in [0.29, 0.717) is 16.5 Å². The van der Waals surface area contributed by atoms with Gasteiger partial charge in [0.15, 0.2) is 5.16 Å². The van der Waals surface area contributed by atoms with Crippen LogP contribution in [-0.4, -0.2) is 33.9 Å². The van der Waals surface area contributed by atoms with E-state index in [1.807, 2.05) is 18.4 Å². The monoisotopic (exact) mass is 345 g/mol. The number of aryl methyl sites for hydroxylation is 1. The van der Waals surface area contributed by atoms with Crippen LogP contribution in [0.4, 0.5) is 5.82 Å². The number of rotatable bonds is 5. The topological polar surface area (TPSA) is 84.3 Å². The highest BCUT2D eigenvalue weighted by Gasteiger charge is 2.27. The molecule has 1 aliphatic carbocycles. The smallest absolute Gasteiger partial charge is 0.343 e. The Bertz CT molecular complexity index is 767. The van der Waals surface area contributed by atoms with Crippen LogP contribution in [0.25, 0.3) is 0 Å². The van der Waals surface area contributed by atoms with Crippen LogP contribution in [-0.2, 0) is 11.2 Å². The molecule has 1 aliphatic rings. The molecule has 24 heavy (non-hydrogen) atoms. The van der Waals surface area contributed by atoms with Crippen LogP contribution < -0.4 is 5.32 Å². The van der Waals surface area contributed by atoms with Crippen molar-refractivity contribution >= 4 is 23.5 Å². The number of aromatic nitrogens is 2. The first-order chi connectivity index (χ1) is 11.6. The number of carbonyl (C=O) groups is 1. The number of hydrogen-bond donors (Lipinski definition) is 2. The summed E-state index contributed by atoms with van der Waals surface area (Å²) in [6.45, 7) is 2.04. The number of nitrogens with one attached hydrogen (secondary N) is 1. The summed E-state index contributed by atoms with van der Waals surface area (Å²) in [6.07, 6.45) is 5.06. The van der Waals surface area contributed by atoms with E-state index < -0.39 is 5.97 Å². The molecule has 0 saturated carbocycles. The minimum absolute atomic E-state index is 0.0982. The van der Waals surface area contributed by atoms with E-state index in [1.54, 1.807) is 13.0 Å². The quantitative estimate of drug-likeness (QED) is 0.489. The van der Waals surface area contributed by atoms with Crippen molar-refractivity contribution in [3.8, 4) is 5.75 Å². The molecule has 1 heterocycles. The Balaban J connectivity index is 1.94. The van der Waals surface area contributed by atoms with Crippen molar-refractivity contribution in [1.29, 1.82) is 0 Å². The largest absolute Gasteiger partial charge is 0.508 e. The SMILES string of the molecule is CCOC(=O)c1cnc(SC)nc1NC1CCc2cccc(O)c21. The molecular weight excluding hydrogens is 326 g/mol. The fourth-order valence-electron chi connectivity index (χ4n) is 2.91. The molecule has 2 aromatic rings. The molecule has 3 rings (SSSR count). The van der Waals surface area contributed by atoms with Gasteiger partial charge < -0.3 is 15.2 Å². The van der Waals surface area contributed by atoms with Crippen molar-refractivity contribution in [1.82, 2.24) is 9.97 Å². The van der Waals surface area contributed by atoms with Crippen LogP contribution in [0.5, 0.6) is 5.75 Å². The first-order valence-corrected chi connectivity index (χ1v) is 9.02. The predicted octanol–water partition coefficient (Wildman–Crippen LogP) is 3.18. The van der Waals surface area contributed by atoms with E-state index in [0.717, 1.165) is 24.0 Å². The predicted molar refractivity (Wildman–Crippen MR) is 92.6 cm³/mol. The first kappa shape index (κ1) is 16.6. The Morgan fingerprint density at radius 1 is 1.50 bits per heavy atom. The highest BCUT2D eigenvalue weighted by Crippen LogP contribution is 2.39. The molecule has 1 aromatic carbocycles. The summed E-state index contributed by atoms with van der Waals surface area (Å²) in [4.78, 5) is 20.7. The molecule has 0 aliphatic heterocycles. The van der Waals surface area contributed by atoms with Gasteiger partial charge in [0, 0.05) is 11.8 Å². The van der Waals surface area contributed by atoms with E-state index in [1.165, 1.54) is 18.0 Å². The molecule has 0 saturated heterocycles. The van der Waals surface area contributed by atoms with Crippen LogP contribution in [0.1, 0.15) is 40.9 Å². The Labute approximate surface area is 144 Å². The molecule has 126 valence electrons. The maximum absolute atomic E-state index is 12.2. The highest BCUT2D eigenvalue weighted by molar-refractivity contribution is 7.98. The zero-order valence-electron chi connectivity index (χ0n) is 13.6. The number of nitrogens with zero attached hydrogens (tertiary/aromatic N) is 2. The Kier molecular flexibility index (Phi) is 4.89. The summed E-state index contributed by atoms with van der Waals surface area (Å²) >= 11 is 1.40. The van der Waals surface area contributed by atoms with E-state index in [2.05, 4.69) is 15.3 Å². The number of anilines is 1. The molecule has 0 spiro atoms. The molecule has 6 nitrogen and oxygen atoms in total. The Hall–Kier alpha value is -2.28. The van der Waals surface area contributed by atoms with Gasteiger partial charge in [0.25, 0.3) is 0 Å². The summed E-state index contributed by atoms with van der Waals surface area (Å²) in [5.74, 6) is 0.247. The second kappa shape index (κ2) is 7.09. The van der Waals surface area contributed by atoms with Crippen LogP contribution >= 0.6 is 11.8 Å². The third-order valence-electron chi connectivity index (χ3n) is 3.98. The fraction of sp³-hybridized carbons (Fsp3) is 0.353. The lowest BCUT2D eigenvalue weighted by molar-refractivity contribution is 0.0526. The van der Waals surface area contributed by atoms with Crippen LogP contribution in [0.3, 0.4) is 0 Å². The number of carbonyl (C=O) groups excluding carboxylic acids is 1. The Morgan fingerprint density at radius 2 is 2.33 bits per heavy atom. The van der Waals surface area contributed by atoms with Gasteiger partial charge in [0.2, 0.25) is 0 Å². The van der Waals surface area contributed by atoms with Crippen molar-refractivity contribution in [2.75, 3.05) is 18.2 Å². The third-order valence-corrected chi connectivity index (χ3v) is 4.54. The lowest BCUT2D eigenvalue weighted by Gasteiger charge is -2.18. The number of phenols is 1. The summed E-state index contributed by atoms with van der Waals surface area (Å²) < 4.78 is 5.08. The third kappa shape index (κ3) is 3.17. The maximum Gasteiger partial charge on any atom is 0.343 e. The van der Waals surface area contributed by atoms with Gasteiger partial charge >= 0.3 is 5.97 Å². The van der Waals surface area contributed by atoms with Gasteiger partial charge in [-0.1, -0.05) is 23.9 Å². The van der Waals surface area contributed by atoms with Gasteiger partial charge in [-0.3, -0.25) is 0 Å². The summed E-state index contributed by atoms with van der Waals surface area (Å²) in [5.41, 5.74) is 2.29. The number of thioether (sulfide) groups is 1. The number of hydrogen-bond acceptors (Lipinski definition) is 7. The first-order valence-electron chi connectivity index (χ1n) is 7.79. The molecule has 1 unspecified atom stereocenters. The van der Waals surface area contributed by atoms with E-state index in [9.17, 15) is 9.90 Å². The number of ether oxygens (including phenoxy) is 1. The number of aromatic hydroxyl groups is 1. The molecule has 7 heteroatoms. The zero-order valence-corrected chi connectivity index (χ0v) is 14.4. The van der Waals surface area contributed by atoms with Gasteiger partial charge in [-0.15, -0.1) is 0 Å². The van der Waals surface area contributed by atoms with Crippen molar-refractivity contribution < 1.29 is 14.6 Å². The van der Waals surface area contributed by atoms with Crippen LogP contribution in [0.2, 0.25) is 0 Å².